The molecule has 3 aromatic carbocycles. The SMILES string of the molecule is O=S1(=O)NC(=NCc2ccc(F)c(F)c2)Nc2c(Cc3ccccc3Cl)cccc21. The van der Waals surface area contributed by atoms with Crippen molar-refractivity contribution in [3.63, 3.8) is 0 Å². The quantitative estimate of drug-likeness (QED) is 0.620. The van der Waals surface area contributed by atoms with Gasteiger partial charge in [-0.3, -0.25) is 0 Å². The molecule has 0 bridgehead atoms. The van der Waals surface area contributed by atoms with Gasteiger partial charge in [-0.05, 0) is 41.0 Å². The Labute approximate surface area is 177 Å². The van der Waals surface area contributed by atoms with Gasteiger partial charge in [-0.25, -0.2) is 26.9 Å². The Morgan fingerprint density at radius 2 is 1.70 bits per heavy atom. The van der Waals surface area contributed by atoms with E-state index in [2.05, 4.69) is 15.0 Å². The van der Waals surface area contributed by atoms with E-state index in [0.29, 0.717) is 22.7 Å². The number of nitrogens with one attached hydrogen (secondary N) is 2. The van der Waals surface area contributed by atoms with Crippen molar-refractivity contribution in [1.29, 1.82) is 0 Å². The van der Waals surface area contributed by atoms with Crippen molar-refractivity contribution in [3.8, 4) is 0 Å². The highest BCUT2D eigenvalue weighted by Gasteiger charge is 2.28. The Morgan fingerprint density at radius 3 is 2.47 bits per heavy atom. The number of benzene rings is 3. The third-order valence-electron chi connectivity index (χ3n) is 4.62. The molecule has 0 spiro atoms. The van der Waals surface area contributed by atoms with Crippen LogP contribution in [0.2, 0.25) is 5.02 Å². The molecule has 0 atom stereocenters. The van der Waals surface area contributed by atoms with Gasteiger partial charge in [-0.2, -0.15) is 0 Å². The minimum Gasteiger partial charge on any atom is -0.324 e. The van der Waals surface area contributed by atoms with Crippen LogP contribution >= 0.6 is 11.6 Å². The van der Waals surface area contributed by atoms with E-state index in [1.807, 2.05) is 24.3 Å². The molecular formula is C21H16ClF2N3O2S. The maximum absolute atomic E-state index is 13.4. The zero-order valence-corrected chi connectivity index (χ0v) is 17.1. The summed E-state index contributed by atoms with van der Waals surface area (Å²) in [5.74, 6) is -1.95. The highest BCUT2D eigenvalue weighted by atomic mass is 35.5. The summed E-state index contributed by atoms with van der Waals surface area (Å²) in [7, 11) is -3.85. The zero-order chi connectivity index (χ0) is 21.3. The molecule has 0 saturated carbocycles. The number of nitrogens with zero attached hydrogens (tertiary/aromatic N) is 1. The Kier molecular flexibility index (Phi) is 5.44. The van der Waals surface area contributed by atoms with Gasteiger partial charge in [-0.15, -0.1) is 0 Å². The lowest BCUT2D eigenvalue weighted by molar-refractivity contribution is 0.507. The molecule has 1 aliphatic rings. The average Bonchev–Trinajstić information content (AvgIpc) is 2.71. The van der Waals surface area contributed by atoms with Crippen LogP contribution in [-0.4, -0.2) is 14.4 Å². The molecule has 0 saturated heterocycles. The zero-order valence-electron chi connectivity index (χ0n) is 15.5. The number of hydrogen-bond acceptors (Lipinski definition) is 3. The molecule has 0 amide bonds. The number of anilines is 1. The summed E-state index contributed by atoms with van der Waals surface area (Å²) in [5, 5.41) is 3.59. The smallest absolute Gasteiger partial charge is 0.266 e. The molecule has 0 aromatic heterocycles. The van der Waals surface area contributed by atoms with Crippen molar-refractivity contribution in [2.75, 3.05) is 5.32 Å². The number of hydrogen-bond donors (Lipinski definition) is 2. The highest BCUT2D eigenvalue weighted by molar-refractivity contribution is 7.90. The average molecular weight is 448 g/mol. The minimum atomic E-state index is -3.85. The summed E-state index contributed by atoms with van der Waals surface area (Å²) in [5.41, 5.74) is 2.38. The third kappa shape index (κ3) is 4.15. The molecular weight excluding hydrogens is 432 g/mol. The lowest BCUT2D eigenvalue weighted by Gasteiger charge is -2.24. The second-order valence-electron chi connectivity index (χ2n) is 6.70. The molecule has 0 fully saturated rings. The number of rotatable bonds is 4. The van der Waals surface area contributed by atoms with Crippen LogP contribution in [0.3, 0.4) is 0 Å². The minimum absolute atomic E-state index is 0.00107. The van der Waals surface area contributed by atoms with Gasteiger partial charge in [0.05, 0.1) is 12.2 Å². The van der Waals surface area contributed by atoms with Crippen LogP contribution in [0.4, 0.5) is 14.5 Å². The molecule has 9 heteroatoms. The second kappa shape index (κ2) is 8.04. The van der Waals surface area contributed by atoms with E-state index in [-0.39, 0.29) is 17.4 Å². The van der Waals surface area contributed by atoms with Crippen LogP contribution in [0.5, 0.6) is 0 Å². The Bertz CT molecular complexity index is 1260. The second-order valence-corrected chi connectivity index (χ2v) is 8.76. The molecule has 1 aliphatic heterocycles. The first-order valence-corrected chi connectivity index (χ1v) is 10.8. The summed E-state index contributed by atoms with van der Waals surface area (Å²) in [6.07, 6.45) is 0.418. The topological polar surface area (TPSA) is 70.6 Å². The molecule has 30 heavy (non-hydrogen) atoms. The molecule has 0 unspecified atom stereocenters. The summed E-state index contributed by atoms with van der Waals surface area (Å²) >= 11 is 6.25. The number of aliphatic imine (C=N–C) groups is 1. The van der Waals surface area contributed by atoms with Crippen LogP contribution in [-0.2, 0) is 23.0 Å². The van der Waals surface area contributed by atoms with Crippen molar-refractivity contribution in [3.05, 3.63) is 94.0 Å². The number of para-hydroxylation sites is 1. The normalized spacial score (nSPS) is 15.9. The molecule has 154 valence electrons. The molecule has 0 radical (unpaired) electrons. The van der Waals surface area contributed by atoms with Gasteiger partial charge in [0.25, 0.3) is 10.0 Å². The highest BCUT2D eigenvalue weighted by Crippen LogP contribution is 2.31. The molecule has 1 heterocycles. The van der Waals surface area contributed by atoms with Gasteiger partial charge in [0, 0.05) is 11.4 Å². The first kappa shape index (κ1) is 20.3. The van der Waals surface area contributed by atoms with Gasteiger partial charge in [0.2, 0.25) is 5.96 Å². The fraction of sp³-hybridized carbons (Fsp3) is 0.0952. The van der Waals surface area contributed by atoms with E-state index in [1.165, 1.54) is 12.1 Å². The van der Waals surface area contributed by atoms with Crippen LogP contribution in [0.25, 0.3) is 0 Å². The Hall–Kier alpha value is -2.97. The number of guanidine groups is 1. The predicted octanol–water partition coefficient (Wildman–Crippen LogP) is 4.47. The summed E-state index contributed by atoms with van der Waals surface area (Å²) in [6.45, 7) is -0.0376. The lowest BCUT2D eigenvalue weighted by Crippen LogP contribution is -2.41. The summed E-state index contributed by atoms with van der Waals surface area (Å²) < 4.78 is 54.2. The van der Waals surface area contributed by atoms with Crippen LogP contribution in [0, 0.1) is 11.6 Å². The van der Waals surface area contributed by atoms with Crippen molar-refractivity contribution in [2.24, 2.45) is 4.99 Å². The van der Waals surface area contributed by atoms with Gasteiger partial charge >= 0.3 is 0 Å². The number of sulfonamides is 1. The number of halogens is 3. The molecule has 3 aromatic rings. The molecule has 5 nitrogen and oxygen atoms in total. The van der Waals surface area contributed by atoms with E-state index in [4.69, 9.17) is 11.6 Å². The first-order valence-electron chi connectivity index (χ1n) is 8.97. The molecule has 2 N–H and O–H groups in total. The monoisotopic (exact) mass is 447 g/mol. The van der Waals surface area contributed by atoms with E-state index in [9.17, 15) is 17.2 Å². The maximum Gasteiger partial charge on any atom is 0.266 e. The maximum atomic E-state index is 13.4. The van der Waals surface area contributed by atoms with Crippen molar-refractivity contribution in [2.45, 2.75) is 17.9 Å². The van der Waals surface area contributed by atoms with Gasteiger partial charge < -0.3 is 5.32 Å². The largest absolute Gasteiger partial charge is 0.324 e. The fourth-order valence-electron chi connectivity index (χ4n) is 3.14. The van der Waals surface area contributed by atoms with Gasteiger partial charge in [0.15, 0.2) is 11.6 Å². The molecule has 0 aliphatic carbocycles. The van der Waals surface area contributed by atoms with Crippen LogP contribution < -0.4 is 10.0 Å². The number of fused-ring (bicyclic) bond motifs is 1. The standard InChI is InChI=1S/C21H16ClF2N3O2S/c22-16-6-2-1-4-14(16)11-15-5-3-7-19-20(15)26-21(27-30(19,28)29)25-12-13-8-9-17(23)18(24)10-13/h1-10H,11-12H2,(H2,25,26,27). The first-order chi connectivity index (χ1) is 14.3. The van der Waals surface area contributed by atoms with Crippen molar-refractivity contribution < 1.29 is 17.2 Å². The van der Waals surface area contributed by atoms with Crippen molar-refractivity contribution >= 4 is 33.3 Å². The Morgan fingerprint density at radius 1 is 0.933 bits per heavy atom. The van der Waals surface area contributed by atoms with Gasteiger partial charge in [-0.1, -0.05) is 48.0 Å². The van der Waals surface area contributed by atoms with E-state index < -0.39 is 21.7 Å². The van der Waals surface area contributed by atoms with E-state index >= 15 is 0 Å². The van der Waals surface area contributed by atoms with Crippen molar-refractivity contribution in [1.82, 2.24) is 4.72 Å². The summed E-state index contributed by atoms with van der Waals surface area (Å²) in [4.78, 5) is 4.28. The molecule has 4 rings (SSSR count). The van der Waals surface area contributed by atoms with Crippen LogP contribution in [0.15, 0.2) is 70.6 Å². The predicted molar refractivity (Wildman–Crippen MR) is 112 cm³/mol. The fourth-order valence-corrected chi connectivity index (χ4v) is 4.53. The van der Waals surface area contributed by atoms with Crippen LogP contribution in [0.1, 0.15) is 16.7 Å². The third-order valence-corrected chi connectivity index (χ3v) is 6.37. The summed E-state index contributed by atoms with van der Waals surface area (Å²) in [6, 6.07) is 15.7. The van der Waals surface area contributed by atoms with Gasteiger partial charge in [0.1, 0.15) is 4.90 Å². The van der Waals surface area contributed by atoms with E-state index in [0.717, 1.165) is 23.3 Å². The van der Waals surface area contributed by atoms with E-state index in [1.54, 1.807) is 12.1 Å². The Balaban J connectivity index is 1.67. The lowest BCUT2D eigenvalue weighted by atomic mass is 10.0.